The van der Waals surface area contributed by atoms with Crippen LogP contribution in [0.3, 0.4) is 0 Å². The molecule has 0 saturated carbocycles. The van der Waals surface area contributed by atoms with Gasteiger partial charge in [0.1, 0.15) is 6.04 Å². The number of hydrogen-bond acceptors (Lipinski definition) is 9. The molecular weight excluding hydrogens is 560 g/mol. The molecule has 1 atom stereocenters. The molecule has 0 aliphatic carbocycles. The monoisotopic (exact) mass is 586 g/mol. The number of thiophene rings is 1. The zero-order valence-electron chi connectivity index (χ0n) is 22.2. The molecule has 0 amide bonds. The highest BCUT2D eigenvalue weighted by Gasteiger charge is 2.35. The molecule has 0 spiro atoms. The average Bonchev–Trinajstić information content (AvgIpc) is 3.76. The van der Waals surface area contributed by atoms with Crippen LogP contribution in [-0.2, 0) is 9.53 Å². The molecule has 0 radical (unpaired) electrons. The number of anilines is 1. The lowest BCUT2D eigenvalue weighted by atomic mass is 9.97. The van der Waals surface area contributed by atoms with Crippen molar-refractivity contribution in [2.24, 2.45) is 4.99 Å². The SMILES string of the molecule is CCOC(=O)C1=C(c2ccccc2)N=c2s/c(=C/c3cc([N+](=O)[O-])ccc3N3CCCC3)c(=O)n2[C@H]1c1cccs1. The van der Waals surface area contributed by atoms with E-state index in [1.165, 1.54) is 34.8 Å². The quantitative estimate of drug-likeness (QED) is 0.179. The third-order valence-corrected chi connectivity index (χ3v) is 9.05. The van der Waals surface area contributed by atoms with Crippen LogP contribution in [0.2, 0.25) is 0 Å². The van der Waals surface area contributed by atoms with E-state index in [1.54, 1.807) is 23.6 Å². The molecular formula is C30H26N4O5S2. The maximum atomic E-state index is 14.1. The van der Waals surface area contributed by atoms with Crippen LogP contribution in [0.25, 0.3) is 11.8 Å². The summed E-state index contributed by atoms with van der Waals surface area (Å²) in [5, 5.41) is 13.5. The van der Waals surface area contributed by atoms with Gasteiger partial charge in [-0.15, -0.1) is 11.3 Å². The van der Waals surface area contributed by atoms with Crippen molar-refractivity contribution < 1.29 is 14.5 Å². The molecule has 2 aromatic heterocycles. The van der Waals surface area contributed by atoms with Gasteiger partial charge in [-0.05, 0) is 43.4 Å². The van der Waals surface area contributed by atoms with Crippen molar-refractivity contribution >= 4 is 51.8 Å². The summed E-state index contributed by atoms with van der Waals surface area (Å²) in [6.07, 6.45) is 3.79. The lowest BCUT2D eigenvalue weighted by Gasteiger charge is -2.24. The van der Waals surface area contributed by atoms with Gasteiger partial charge in [-0.2, -0.15) is 0 Å². The summed E-state index contributed by atoms with van der Waals surface area (Å²) in [6.45, 7) is 3.62. The van der Waals surface area contributed by atoms with Crippen LogP contribution in [0.5, 0.6) is 0 Å². The Morgan fingerprint density at radius 2 is 1.93 bits per heavy atom. The molecule has 9 nitrogen and oxygen atoms in total. The van der Waals surface area contributed by atoms with Crippen molar-refractivity contribution in [3.63, 3.8) is 0 Å². The van der Waals surface area contributed by atoms with E-state index in [1.807, 2.05) is 47.8 Å². The van der Waals surface area contributed by atoms with E-state index in [-0.39, 0.29) is 17.9 Å². The van der Waals surface area contributed by atoms with E-state index >= 15 is 0 Å². The average molecular weight is 587 g/mol. The van der Waals surface area contributed by atoms with Crippen LogP contribution in [0.15, 0.2) is 81.4 Å². The number of nitro groups is 1. The number of fused-ring (bicyclic) bond motifs is 1. The second-order valence-electron chi connectivity index (χ2n) is 9.64. The summed E-state index contributed by atoms with van der Waals surface area (Å²) in [4.78, 5) is 47.1. The van der Waals surface area contributed by atoms with E-state index in [9.17, 15) is 19.7 Å². The van der Waals surface area contributed by atoms with Crippen molar-refractivity contribution in [1.82, 2.24) is 4.57 Å². The number of benzene rings is 2. The molecule has 2 aromatic carbocycles. The van der Waals surface area contributed by atoms with Crippen LogP contribution in [0.1, 0.15) is 41.8 Å². The standard InChI is InChI=1S/C30H26N4O5S2/c1-2-39-29(36)25-26(19-9-4-3-5-10-19)31-30-33(27(25)23-11-8-16-40-23)28(35)24(41-30)18-20-17-21(34(37)38)12-13-22(20)32-14-6-7-15-32/h3-5,8-13,16-18,27H,2,6-7,14-15H2,1H3/b24-18+/t27-/m0/s1. The predicted octanol–water partition coefficient (Wildman–Crippen LogP) is 4.51. The molecule has 2 aliphatic rings. The fourth-order valence-electron chi connectivity index (χ4n) is 5.31. The van der Waals surface area contributed by atoms with Gasteiger partial charge in [0.05, 0.1) is 27.3 Å². The molecule has 0 bridgehead atoms. The maximum Gasteiger partial charge on any atom is 0.338 e. The highest BCUT2D eigenvalue weighted by Crippen LogP contribution is 2.37. The first-order valence-electron chi connectivity index (χ1n) is 13.3. The Kier molecular flexibility index (Phi) is 7.38. The van der Waals surface area contributed by atoms with Gasteiger partial charge in [-0.1, -0.05) is 47.7 Å². The van der Waals surface area contributed by atoms with E-state index in [4.69, 9.17) is 9.73 Å². The van der Waals surface area contributed by atoms with E-state index in [2.05, 4.69) is 4.90 Å². The third kappa shape index (κ3) is 5.02. The normalized spacial score (nSPS) is 17.0. The van der Waals surface area contributed by atoms with Gasteiger partial charge < -0.3 is 9.64 Å². The minimum atomic E-state index is -0.731. The second-order valence-corrected chi connectivity index (χ2v) is 11.6. The number of carbonyl (C=O) groups is 1. The highest BCUT2D eigenvalue weighted by atomic mass is 32.1. The van der Waals surface area contributed by atoms with Gasteiger partial charge in [0, 0.05) is 46.9 Å². The number of nitrogens with zero attached hydrogens (tertiary/aromatic N) is 4. The summed E-state index contributed by atoms with van der Waals surface area (Å²) >= 11 is 2.65. The number of esters is 1. The van der Waals surface area contributed by atoms with Gasteiger partial charge in [-0.25, -0.2) is 9.79 Å². The van der Waals surface area contributed by atoms with Crippen LogP contribution < -0.4 is 19.8 Å². The summed E-state index contributed by atoms with van der Waals surface area (Å²) < 4.78 is 7.41. The van der Waals surface area contributed by atoms with Gasteiger partial charge in [0.25, 0.3) is 11.2 Å². The third-order valence-electron chi connectivity index (χ3n) is 7.14. The smallest absolute Gasteiger partial charge is 0.338 e. The lowest BCUT2D eigenvalue weighted by Crippen LogP contribution is -2.39. The molecule has 11 heteroatoms. The van der Waals surface area contributed by atoms with E-state index < -0.39 is 16.9 Å². The molecule has 6 rings (SSSR count). The molecule has 0 unspecified atom stereocenters. The van der Waals surface area contributed by atoms with Crippen LogP contribution in [0.4, 0.5) is 11.4 Å². The topological polar surface area (TPSA) is 107 Å². The van der Waals surface area contributed by atoms with Crippen molar-refractivity contribution in [2.75, 3.05) is 24.6 Å². The number of non-ortho nitro benzene ring substituents is 1. The predicted molar refractivity (Wildman–Crippen MR) is 160 cm³/mol. The molecule has 4 aromatic rings. The van der Waals surface area contributed by atoms with Gasteiger partial charge in [-0.3, -0.25) is 19.5 Å². The Morgan fingerprint density at radius 3 is 2.61 bits per heavy atom. The van der Waals surface area contributed by atoms with Crippen molar-refractivity contribution in [3.05, 3.63) is 117 Å². The Balaban J connectivity index is 1.61. The van der Waals surface area contributed by atoms with Crippen LogP contribution in [0, 0.1) is 10.1 Å². The molecule has 2 aliphatic heterocycles. The van der Waals surface area contributed by atoms with Crippen LogP contribution in [-0.4, -0.2) is 35.2 Å². The highest BCUT2D eigenvalue weighted by molar-refractivity contribution is 7.10. The molecule has 208 valence electrons. The number of nitro benzene ring substituents is 1. The largest absolute Gasteiger partial charge is 0.463 e. The van der Waals surface area contributed by atoms with E-state index in [0.717, 1.165) is 42.1 Å². The molecule has 4 heterocycles. The number of carbonyl (C=O) groups excluding carboxylic acids is 1. The lowest BCUT2D eigenvalue weighted by molar-refractivity contribution is -0.384. The van der Waals surface area contributed by atoms with Crippen LogP contribution >= 0.6 is 22.7 Å². The molecule has 0 N–H and O–H groups in total. The van der Waals surface area contributed by atoms with Crippen molar-refractivity contribution in [3.8, 4) is 0 Å². The Labute approximate surface area is 243 Å². The number of ether oxygens (including phenoxy) is 1. The number of rotatable bonds is 7. The Morgan fingerprint density at radius 1 is 1.15 bits per heavy atom. The number of hydrogen-bond donors (Lipinski definition) is 0. The fourth-order valence-corrected chi connectivity index (χ4v) is 7.13. The zero-order chi connectivity index (χ0) is 28.5. The second kappa shape index (κ2) is 11.3. The first kappa shape index (κ1) is 26.9. The Hall–Kier alpha value is -4.35. The molecule has 41 heavy (non-hydrogen) atoms. The molecule has 1 saturated heterocycles. The first-order valence-corrected chi connectivity index (χ1v) is 15.0. The van der Waals surface area contributed by atoms with Gasteiger partial charge in [0.2, 0.25) is 0 Å². The summed E-state index contributed by atoms with van der Waals surface area (Å²) in [5.74, 6) is -0.530. The molecule has 1 fully saturated rings. The van der Waals surface area contributed by atoms with Gasteiger partial charge in [0.15, 0.2) is 4.80 Å². The van der Waals surface area contributed by atoms with Crippen molar-refractivity contribution in [1.29, 1.82) is 0 Å². The Bertz CT molecular complexity index is 1840. The fraction of sp³-hybridized carbons (Fsp3) is 0.233. The summed E-state index contributed by atoms with van der Waals surface area (Å²) in [5.41, 5.74) is 2.60. The maximum absolute atomic E-state index is 14.1. The summed E-state index contributed by atoms with van der Waals surface area (Å²) in [6, 6.07) is 17.2. The zero-order valence-corrected chi connectivity index (χ0v) is 23.8. The number of aromatic nitrogens is 1. The number of thiazole rings is 1. The minimum Gasteiger partial charge on any atom is -0.463 e. The summed E-state index contributed by atoms with van der Waals surface area (Å²) in [7, 11) is 0. The first-order chi connectivity index (χ1) is 20.0. The van der Waals surface area contributed by atoms with E-state index in [0.29, 0.717) is 26.2 Å². The van der Waals surface area contributed by atoms with Gasteiger partial charge >= 0.3 is 5.97 Å². The van der Waals surface area contributed by atoms with Crippen molar-refractivity contribution in [2.45, 2.75) is 25.8 Å². The minimum absolute atomic E-state index is 0.0422.